The maximum absolute atomic E-state index is 13.4. The van der Waals surface area contributed by atoms with Gasteiger partial charge in [-0.1, -0.05) is 18.6 Å². The number of ether oxygens (including phenoxy) is 1. The van der Waals surface area contributed by atoms with Gasteiger partial charge in [-0.05, 0) is 37.5 Å². The number of hydrogen-bond acceptors (Lipinski definition) is 3. The summed E-state index contributed by atoms with van der Waals surface area (Å²) in [5.74, 6) is 0.743. The van der Waals surface area contributed by atoms with Crippen LogP contribution in [0.4, 0.5) is 4.39 Å². The SMILES string of the molecule is CCNC(=NCC1(c2ccc(F)cc2)CCC1)N1CCOC(c2cnn(C)c2)C1. The Hall–Kier alpha value is -2.41. The smallest absolute Gasteiger partial charge is 0.194 e. The number of aliphatic imine (C=N–C) groups is 1. The quantitative estimate of drug-likeness (QED) is 0.620. The Balaban J connectivity index is 1.50. The summed E-state index contributed by atoms with van der Waals surface area (Å²) in [5.41, 5.74) is 2.32. The number of morpholine rings is 1. The predicted octanol–water partition coefficient (Wildman–Crippen LogP) is 3.02. The molecule has 1 N–H and O–H groups in total. The van der Waals surface area contributed by atoms with E-state index in [1.165, 1.54) is 12.0 Å². The molecule has 1 aliphatic heterocycles. The average molecular weight is 400 g/mol. The first kappa shape index (κ1) is 19.9. The van der Waals surface area contributed by atoms with E-state index in [0.717, 1.165) is 50.5 Å². The summed E-state index contributed by atoms with van der Waals surface area (Å²) in [6, 6.07) is 6.96. The van der Waals surface area contributed by atoms with E-state index in [2.05, 4.69) is 22.2 Å². The molecule has 1 atom stereocenters. The van der Waals surface area contributed by atoms with Gasteiger partial charge in [0.2, 0.25) is 0 Å². The number of hydrogen-bond donors (Lipinski definition) is 1. The lowest BCUT2D eigenvalue weighted by Gasteiger charge is -2.42. The van der Waals surface area contributed by atoms with Crippen molar-refractivity contribution in [3.05, 3.63) is 53.6 Å². The summed E-state index contributed by atoms with van der Waals surface area (Å²) in [6.07, 6.45) is 7.28. The van der Waals surface area contributed by atoms with Crippen molar-refractivity contribution in [3.8, 4) is 0 Å². The van der Waals surface area contributed by atoms with Gasteiger partial charge in [-0.25, -0.2) is 4.39 Å². The second-order valence-corrected chi connectivity index (χ2v) is 8.06. The van der Waals surface area contributed by atoms with Crippen LogP contribution in [0.1, 0.15) is 43.4 Å². The number of aromatic nitrogens is 2. The molecule has 2 fully saturated rings. The van der Waals surface area contributed by atoms with Crippen LogP contribution < -0.4 is 5.32 Å². The molecular weight excluding hydrogens is 369 g/mol. The van der Waals surface area contributed by atoms with Crippen LogP contribution in [-0.2, 0) is 17.2 Å². The van der Waals surface area contributed by atoms with E-state index in [1.54, 1.807) is 16.8 Å². The Morgan fingerprint density at radius 2 is 2.14 bits per heavy atom. The van der Waals surface area contributed by atoms with Crippen LogP contribution in [0.25, 0.3) is 0 Å². The minimum Gasteiger partial charge on any atom is -0.370 e. The third-order valence-corrected chi connectivity index (χ3v) is 6.10. The summed E-state index contributed by atoms with van der Waals surface area (Å²) >= 11 is 0. The summed E-state index contributed by atoms with van der Waals surface area (Å²) in [5, 5.41) is 7.72. The fourth-order valence-electron chi connectivity index (χ4n) is 4.25. The highest BCUT2D eigenvalue weighted by atomic mass is 19.1. The van der Waals surface area contributed by atoms with Crippen LogP contribution in [-0.4, -0.2) is 53.4 Å². The second kappa shape index (κ2) is 8.53. The Bertz CT molecular complexity index is 843. The number of benzene rings is 1. The van der Waals surface area contributed by atoms with Gasteiger partial charge in [0.05, 0.1) is 25.9 Å². The molecule has 0 amide bonds. The first-order valence-corrected chi connectivity index (χ1v) is 10.5. The van der Waals surface area contributed by atoms with E-state index in [1.807, 2.05) is 31.6 Å². The van der Waals surface area contributed by atoms with Gasteiger partial charge >= 0.3 is 0 Å². The molecule has 1 unspecified atom stereocenters. The standard InChI is InChI=1S/C22H30FN5O/c1-3-24-21(28-11-12-29-20(15-28)17-13-26-27(2)14-17)25-16-22(9-4-10-22)18-5-7-19(23)8-6-18/h5-8,13-14,20H,3-4,9-12,15-16H2,1-2H3,(H,24,25). The largest absolute Gasteiger partial charge is 0.370 e. The zero-order valence-electron chi connectivity index (χ0n) is 17.3. The van der Waals surface area contributed by atoms with Crippen molar-refractivity contribution in [1.82, 2.24) is 20.0 Å². The van der Waals surface area contributed by atoms with Gasteiger partial charge in [0.1, 0.15) is 11.9 Å². The number of halogens is 1. The van der Waals surface area contributed by atoms with E-state index in [4.69, 9.17) is 9.73 Å². The fourth-order valence-corrected chi connectivity index (χ4v) is 4.25. The first-order chi connectivity index (χ1) is 14.1. The molecule has 7 heteroatoms. The monoisotopic (exact) mass is 399 g/mol. The fraction of sp³-hybridized carbons (Fsp3) is 0.545. The van der Waals surface area contributed by atoms with Crippen LogP contribution in [0.15, 0.2) is 41.7 Å². The van der Waals surface area contributed by atoms with E-state index in [0.29, 0.717) is 6.61 Å². The highest BCUT2D eigenvalue weighted by Crippen LogP contribution is 2.44. The third kappa shape index (κ3) is 4.29. The Morgan fingerprint density at radius 1 is 1.34 bits per heavy atom. The molecular formula is C22H30FN5O. The summed E-state index contributed by atoms with van der Waals surface area (Å²) in [6.45, 7) is 5.85. The van der Waals surface area contributed by atoms with Crippen LogP contribution in [0.2, 0.25) is 0 Å². The van der Waals surface area contributed by atoms with Crippen LogP contribution in [0.5, 0.6) is 0 Å². The van der Waals surface area contributed by atoms with E-state index < -0.39 is 0 Å². The molecule has 1 saturated heterocycles. The third-order valence-electron chi connectivity index (χ3n) is 6.10. The van der Waals surface area contributed by atoms with Gasteiger partial charge < -0.3 is 15.0 Å². The molecule has 0 spiro atoms. The van der Waals surface area contributed by atoms with E-state index in [9.17, 15) is 4.39 Å². The van der Waals surface area contributed by atoms with Crippen molar-refractivity contribution in [1.29, 1.82) is 0 Å². The first-order valence-electron chi connectivity index (χ1n) is 10.5. The lowest BCUT2D eigenvalue weighted by molar-refractivity contribution is -0.00810. The Labute approximate surface area is 171 Å². The highest BCUT2D eigenvalue weighted by molar-refractivity contribution is 5.80. The lowest BCUT2D eigenvalue weighted by Crippen LogP contribution is -2.49. The number of nitrogens with one attached hydrogen (secondary N) is 1. The van der Waals surface area contributed by atoms with Crippen LogP contribution >= 0.6 is 0 Å². The number of rotatable bonds is 5. The Morgan fingerprint density at radius 3 is 2.76 bits per heavy atom. The number of nitrogens with zero attached hydrogens (tertiary/aromatic N) is 4. The summed E-state index contributed by atoms with van der Waals surface area (Å²) in [4.78, 5) is 7.30. The maximum atomic E-state index is 13.4. The molecule has 4 rings (SSSR count). The molecule has 1 aromatic heterocycles. The minimum atomic E-state index is -0.185. The van der Waals surface area contributed by atoms with Crippen LogP contribution in [0.3, 0.4) is 0 Å². The van der Waals surface area contributed by atoms with Crippen molar-refractivity contribution < 1.29 is 9.13 Å². The zero-order valence-corrected chi connectivity index (χ0v) is 17.3. The molecule has 156 valence electrons. The van der Waals surface area contributed by atoms with Gasteiger partial charge in [-0.2, -0.15) is 5.10 Å². The van der Waals surface area contributed by atoms with Gasteiger partial charge in [-0.15, -0.1) is 0 Å². The topological polar surface area (TPSA) is 54.7 Å². The predicted molar refractivity (Wildman–Crippen MR) is 111 cm³/mol. The van der Waals surface area contributed by atoms with Crippen molar-refractivity contribution in [2.45, 2.75) is 37.7 Å². The van der Waals surface area contributed by atoms with Crippen molar-refractivity contribution in [2.24, 2.45) is 12.0 Å². The molecule has 2 aliphatic rings. The number of guanidine groups is 1. The van der Waals surface area contributed by atoms with E-state index >= 15 is 0 Å². The minimum absolute atomic E-state index is 0.00364. The normalized spacial score (nSPS) is 21.7. The molecule has 0 bridgehead atoms. The summed E-state index contributed by atoms with van der Waals surface area (Å²) in [7, 11) is 1.92. The van der Waals surface area contributed by atoms with Gasteiger partial charge in [-0.3, -0.25) is 9.67 Å². The van der Waals surface area contributed by atoms with Crippen molar-refractivity contribution in [3.63, 3.8) is 0 Å². The van der Waals surface area contributed by atoms with Gasteiger partial charge in [0.25, 0.3) is 0 Å². The van der Waals surface area contributed by atoms with Gasteiger partial charge in [0, 0.05) is 37.3 Å². The molecule has 1 aromatic carbocycles. The molecule has 0 radical (unpaired) electrons. The van der Waals surface area contributed by atoms with Crippen LogP contribution in [0, 0.1) is 5.82 Å². The van der Waals surface area contributed by atoms with Crippen molar-refractivity contribution >= 4 is 5.96 Å². The molecule has 6 nitrogen and oxygen atoms in total. The molecule has 1 aliphatic carbocycles. The summed E-state index contributed by atoms with van der Waals surface area (Å²) < 4.78 is 21.2. The molecule has 1 saturated carbocycles. The number of aryl methyl sites for hydroxylation is 1. The second-order valence-electron chi connectivity index (χ2n) is 8.06. The zero-order chi connectivity index (χ0) is 20.3. The molecule has 2 aromatic rings. The molecule has 2 heterocycles. The highest BCUT2D eigenvalue weighted by Gasteiger charge is 2.39. The van der Waals surface area contributed by atoms with E-state index in [-0.39, 0.29) is 17.3 Å². The molecule has 29 heavy (non-hydrogen) atoms. The maximum Gasteiger partial charge on any atom is 0.194 e. The van der Waals surface area contributed by atoms with Crippen molar-refractivity contribution in [2.75, 3.05) is 32.8 Å². The van der Waals surface area contributed by atoms with Gasteiger partial charge in [0.15, 0.2) is 5.96 Å². The average Bonchev–Trinajstić information content (AvgIpc) is 3.14. The lowest BCUT2D eigenvalue weighted by atomic mass is 9.64. The Kier molecular flexibility index (Phi) is 5.85.